The van der Waals surface area contributed by atoms with Crippen molar-refractivity contribution in [2.24, 2.45) is 0 Å². The molecule has 4 heterocycles. The zero-order valence-corrected chi connectivity index (χ0v) is 13.8. The predicted octanol–water partition coefficient (Wildman–Crippen LogP) is 3.12. The molecule has 118 valence electrons. The maximum Gasteiger partial charge on any atom is 0.263 e. The fourth-order valence-corrected chi connectivity index (χ4v) is 4.11. The molecule has 0 radical (unpaired) electrons. The smallest absolute Gasteiger partial charge is 0.263 e. The SMILES string of the molecule is Cc1csc(C(=O)N2CCC(c3ccnc4ccnn34)CC2)c1. The first-order valence-corrected chi connectivity index (χ1v) is 8.73. The van der Waals surface area contributed by atoms with Gasteiger partial charge in [-0.1, -0.05) is 0 Å². The number of hydrogen-bond acceptors (Lipinski definition) is 4. The lowest BCUT2D eigenvalue weighted by Gasteiger charge is -2.32. The Morgan fingerprint density at radius 2 is 2.09 bits per heavy atom. The molecular weight excluding hydrogens is 308 g/mol. The average Bonchev–Trinajstić information content (AvgIpc) is 3.22. The summed E-state index contributed by atoms with van der Waals surface area (Å²) in [5.41, 5.74) is 3.24. The third-order valence-corrected chi connectivity index (χ3v) is 5.50. The second-order valence-corrected chi connectivity index (χ2v) is 6.94. The van der Waals surface area contributed by atoms with E-state index in [0.29, 0.717) is 5.92 Å². The Kier molecular flexibility index (Phi) is 3.61. The van der Waals surface area contributed by atoms with E-state index >= 15 is 0 Å². The van der Waals surface area contributed by atoms with Crippen LogP contribution in [-0.2, 0) is 0 Å². The normalized spacial score (nSPS) is 16.1. The van der Waals surface area contributed by atoms with Crippen LogP contribution < -0.4 is 0 Å². The summed E-state index contributed by atoms with van der Waals surface area (Å²) in [5.74, 6) is 0.593. The van der Waals surface area contributed by atoms with Gasteiger partial charge in [0.2, 0.25) is 0 Å². The van der Waals surface area contributed by atoms with Crippen LogP contribution in [0.5, 0.6) is 0 Å². The van der Waals surface area contributed by atoms with Gasteiger partial charge in [-0.25, -0.2) is 9.50 Å². The number of fused-ring (bicyclic) bond motifs is 1. The van der Waals surface area contributed by atoms with Crippen molar-refractivity contribution < 1.29 is 4.79 Å². The second kappa shape index (κ2) is 5.77. The van der Waals surface area contributed by atoms with Gasteiger partial charge in [0.25, 0.3) is 5.91 Å². The number of carbonyl (C=O) groups is 1. The van der Waals surface area contributed by atoms with Crippen LogP contribution >= 0.6 is 11.3 Å². The lowest BCUT2D eigenvalue weighted by molar-refractivity contribution is 0.0716. The zero-order chi connectivity index (χ0) is 15.8. The van der Waals surface area contributed by atoms with Crippen LogP contribution in [0.15, 0.2) is 36.0 Å². The van der Waals surface area contributed by atoms with E-state index in [1.54, 1.807) is 6.20 Å². The van der Waals surface area contributed by atoms with Crippen molar-refractivity contribution in [3.8, 4) is 0 Å². The zero-order valence-electron chi connectivity index (χ0n) is 13.0. The van der Waals surface area contributed by atoms with Crippen molar-refractivity contribution in [1.82, 2.24) is 19.5 Å². The van der Waals surface area contributed by atoms with E-state index in [0.717, 1.165) is 42.0 Å². The summed E-state index contributed by atoms with van der Waals surface area (Å²) in [6, 6.07) is 5.95. The molecule has 3 aromatic rings. The molecule has 6 heteroatoms. The maximum absolute atomic E-state index is 12.5. The molecule has 0 bridgehead atoms. The minimum absolute atomic E-state index is 0.167. The van der Waals surface area contributed by atoms with Crippen LogP contribution in [0.25, 0.3) is 5.65 Å². The summed E-state index contributed by atoms with van der Waals surface area (Å²) in [6.07, 6.45) is 5.56. The average molecular weight is 326 g/mol. The minimum atomic E-state index is 0.167. The van der Waals surface area contributed by atoms with Crippen LogP contribution in [0.1, 0.15) is 39.7 Å². The number of likely N-dealkylation sites (tertiary alicyclic amines) is 1. The molecule has 4 rings (SSSR count). The number of carbonyl (C=O) groups excluding carboxylic acids is 1. The predicted molar refractivity (Wildman–Crippen MR) is 89.9 cm³/mol. The van der Waals surface area contributed by atoms with Gasteiger partial charge in [0.15, 0.2) is 5.65 Å². The Hall–Kier alpha value is -2.21. The molecule has 1 aliphatic rings. The van der Waals surface area contributed by atoms with Crippen LogP contribution in [0.2, 0.25) is 0 Å². The van der Waals surface area contributed by atoms with Crippen molar-refractivity contribution in [3.05, 3.63) is 52.1 Å². The Bertz CT molecular complexity index is 845. The van der Waals surface area contributed by atoms with Crippen LogP contribution in [0.3, 0.4) is 0 Å². The van der Waals surface area contributed by atoms with E-state index in [1.165, 1.54) is 17.0 Å². The van der Waals surface area contributed by atoms with Gasteiger partial charge in [-0.15, -0.1) is 11.3 Å². The van der Waals surface area contributed by atoms with Gasteiger partial charge in [0, 0.05) is 37.0 Å². The highest BCUT2D eigenvalue weighted by molar-refractivity contribution is 7.12. The Morgan fingerprint density at radius 3 is 2.83 bits per heavy atom. The largest absolute Gasteiger partial charge is 0.338 e. The molecule has 0 aromatic carbocycles. The monoisotopic (exact) mass is 326 g/mol. The first kappa shape index (κ1) is 14.4. The highest BCUT2D eigenvalue weighted by atomic mass is 32.1. The van der Waals surface area contributed by atoms with Crippen LogP contribution in [0, 0.1) is 6.92 Å². The highest BCUT2D eigenvalue weighted by Crippen LogP contribution is 2.29. The van der Waals surface area contributed by atoms with E-state index in [2.05, 4.69) is 10.1 Å². The lowest BCUT2D eigenvalue weighted by Crippen LogP contribution is -2.37. The van der Waals surface area contributed by atoms with Gasteiger partial charge >= 0.3 is 0 Å². The van der Waals surface area contributed by atoms with E-state index < -0.39 is 0 Å². The van der Waals surface area contributed by atoms with Crippen molar-refractivity contribution >= 4 is 22.9 Å². The van der Waals surface area contributed by atoms with Crippen LogP contribution in [0.4, 0.5) is 0 Å². The number of thiophene rings is 1. The van der Waals surface area contributed by atoms with Gasteiger partial charge in [0.05, 0.1) is 11.1 Å². The molecule has 5 nitrogen and oxygen atoms in total. The molecule has 3 aromatic heterocycles. The summed E-state index contributed by atoms with van der Waals surface area (Å²) in [6.45, 7) is 3.62. The molecule has 0 spiro atoms. The molecule has 0 saturated carbocycles. The van der Waals surface area contributed by atoms with Crippen molar-refractivity contribution in [3.63, 3.8) is 0 Å². The van der Waals surface area contributed by atoms with Crippen molar-refractivity contribution in [1.29, 1.82) is 0 Å². The molecular formula is C17H18N4OS. The van der Waals surface area contributed by atoms with Gasteiger partial charge in [0.1, 0.15) is 0 Å². The molecule has 0 aliphatic carbocycles. The number of aryl methyl sites for hydroxylation is 1. The number of hydrogen-bond donors (Lipinski definition) is 0. The number of aromatic nitrogens is 3. The van der Waals surface area contributed by atoms with Gasteiger partial charge in [-0.3, -0.25) is 4.79 Å². The summed E-state index contributed by atoms with van der Waals surface area (Å²) in [4.78, 5) is 19.7. The lowest BCUT2D eigenvalue weighted by atomic mass is 9.93. The Labute approximate surface area is 138 Å². The van der Waals surface area contributed by atoms with Gasteiger partial charge < -0.3 is 4.90 Å². The quantitative estimate of drug-likeness (QED) is 0.727. The highest BCUT2D eigenvalue weighted by Gasteiger charge is 2.26. The second-order valence-electron chi connectivity index (χ2n) is 6.03. The summed E-state index contributed by atoms with van der Waals surface area (Å²) < 4.78 is 1.92. The third-order valence-electron chi connectivity index (χ3n) is 4.46. The van der Waals surface area contributed by atoms with E-state index in [4.69, 9.17) is 0 Å². The summed E-state index contributed by atoms with van der Waals surface area (Å²) in [7, 11) is 0. The Balaban J connectivity index is 1.49. The number of piperidine rings is 1. The topological polar surface area (TPSA) is 50.5 Å². The van der Waals surface area contributed by atoms with E-state index in [-0.39, 0.29) is 5.91 Å². The molecule has 0 unspecified atom stereocenters. The maximum atomic E-state index is 12.5. The third kappa shape index (κ3) is 2.63. The summed E-state index contributed by atoms with van der Waals surface area (Å²) >= 11 is 1.54. The first-order chi connectivity index (χ1) is 11.2. The fraction of sp³-hybridized carbons (Fsp3) is 0.353. The van der Waals surface area contributed by atoms with Crippen molar-refractivity contribution in [2.75, 3.05) is 13.1 Å². The molecule has 1 saturated heterocycles. The number of rotatable bonds is 2. The molecule has 0 atom stereocenters. The van der Waals surface area contributed by atoms with Crippen molar-refractivity contribution in [2.45, 2.75) is 25.7 Å². The molecule has 1 fully saturated rings. The first-order valence-electron chi connectivity index (χ1n) is 7.85. The van der Waals surface area contributed by atoms with E-state index in [1.807, 2.05) is 46.1 Å². The molecule has 1 aliphatic heterocycles. The minimum Gasteiger partial charge on any atom is -0.338 e. The van der Waals surface area contributed by atoms with Gasteiger partial charge in [-0.05, 0) is 42.8 Å². The summed E-state index contributed by atoms with van der Waals surface area (Å²) in [5, 5.41) is 6.41. The Morgan fingerprint density at radius 1 is 1.26 bits per heavy atom. The van der Waals surface area contributed by atoms with E-state index in [9.17, 15) is 4.79 Å². The van der Waals surface area contributed by atoms with Crippen LogP contribution in [-0.4, -0.2) is 38.5 Å². The molecule has 0 N–H and O–H groups in total. The fourth-order valence-electron chi connectivity index (χ4n) is 3.24. The standard InChI is InChI=1S/C17H18N4OS/c1-12-10-15(23-11-12)17(22)20-8-4-13(5-9-20)14-2-6-18-16-3-7-19-21(14)16/h2-3,6-7,10-11,13H,4-5,8-9H2,1H3. The molecule has 1 amide bonds. The van der Waals surface area contributed by atoms with Gasteiger partial charge in [-0.2, -0.15) is 5.10 Å². The number of nitrogens with zero attached hydrogens (tertiary/aromatic N) is 4. The number of amides is 1. The molecule has 23 heavy (non-hydrogen) atoms.